The Hall–Kier alpha value is -2.14. The Labute approximate surface area is 134 Å². The van der Waals surface area contributed by atoms with Gasteiger partial charge in [-0.25, -0.2) is 4.99 Å². The summed E-state index contributed by atoms with van der Waals surface area (Å²) in [5.41, 5.74) is 2.84. The van der Waals surface area contributed by atoms with E-state index in [4.69, 9.17) is 0 Å². The lowest BCUT2D eigenvalue weighted by molar-refractivity contribution is -0.138. The molecule has 22 heavy (non-hydrogen) atoms. The number of nitrogens with zero attached hydrogens (tertiary/aromatic N) is 2. The van der Waals surface area contributed by atoms with Crippen molar-refractivity contribution in [3.8, 4) is 0 Å². The summed E-state index contributed by atoms with van der Waals surface area (Å²) in [6.07, 6.45) is 2.08. The zero-order chi connectivity index (χ0) is 16.1. The van der Waals surface area contributed by atoms with Gasteiger partial charge in [0.25, 0.3) is 0 Å². The largest absolute Gasteiger partial charge is 0.481 e. The van der Waals surface area contributed by atoms with Crippen LogP contribution in [0.4, 0.5) is 5.69 Å². The number of carboxylic acid groups (broad SMARTS) is 1. The average Bonchev–Trinajstić information content (AvgIpc) is 2.87. The molecule has 1 aromatic carbocycles. The predicted octanol–water partition coefficient (Wildman–Crippen LogP) is 3.94. The van der Waals surface area contributed by atoms with E-state index in [2.05, 4.69) is 11.1 Å². The summed E-state index contributed by atoms with van der Waals surface area (Å²) in [7, 11) is 0. The highest BCUT2D eigenvalue weighted by Crippen LogP contribution is 2.18. The first kappa shape index (κ1) is 16.2. The van der Waals surface area contributed by atoms with Crippen LogP contribution in [0.25, 0.3) is 0 Å². The van der Waals surface area contributed by atoms with Gasteiger partial charge in [0.1, 0.15) is 0 Å². The molecule has 116 valence electrons. The Morgan fingerprint density at radius 2 is 2.05 bits per heavy atom. The van der Waals surface area contributed by atoms with Crippen molar-refractivity contribution in [1.82, 2.24) is 4.57 Å². The minimum atomic E-state index is -0.824. The molecule has 1 heterocycles. The van der Waals surface area contributed by atoms with Crippen molar-refractivity contribution in [1.29, 1.82) is 0 Å². The van der Waals surface area contributed by atoms with E-state index >= 15 is 0 Å². The standard InChI is InChI=1S/C17H20N2O2S/c1-12(2)9-10-19-15(13(3)16(20)21)11-22-17(19)18-14-7-5-4-6-8-14/h4-9,11,13H,10H2,1-3H3,(H,20,21). The molecule has 0 spiro atoms. The number of aliphatic carboxylic acids is 1. The van der Waals surface area contributed by atoms with Crippen LogP contribution < -0.4 is 4.80 Å². The van der Waals surface area contributed by atoms with E-state index in [0.29, 0.717) is 6.54 Å². The van der Waals surface area contributed by atoms with E-state index in [0.717, 1.165) is 16.2 Å². The van der Waals surface area contributed by atoms with E-state index in [1.807, 2.05) is 54.1 Å². The molecule has 2 rings (SSSR count). The van der Waals surface area contributed by atoms with Gasteiger partial charge < -0.3 is 9.67 Å². The molecule has 5 heteroatoms. The Balaban J connectivity index is 2.52. The molecule has 0 amide bonds. The SMILES string of the molecule is CC(C)=CCn1c(C(C)C(=O)O)csc1=Nc1ccccc1. The molecule has 1 unspecified atom stereocenters. The zero-order valence-corrected chi connectivity index (χ0v) is 13.8. The fraction of sp³-hybridized carbons (Fsp3) is 0.294. The number of hydrogen-bond acceptors (Lipinski definition) is 3. The fourth-order valence-corrected chi connectivity index (χ4v) is 2.99. The molecule has 1 aromatic heterocycles. The van der Waals surface area contributed by atoms with Crippen LogP contribution in [0.3, 0.4) is 0 Å². The van der Waals surface area contributed by atoms with Crippen LogP contribution >= 0.6 is 11.3 Å². The molecule has 0 aliphatic heterocycles. The summed E-state index contributed by atoms with van der Waals surface area (Å²) in [5.74, 6) is -1.38. The van der Waals surface area contributed by atoms with Crippen LogP contribution in [0, 0.1) is 0 Å². The topological polar surface area (TPSA) is 54.6 Å². The van der Waals surface area contributed by atoms with Gasteiger partial charge in [0.15, 0.2) is 4.80 Å². The van der Waals surface area contributed by atoms with Crippen molar-refractivity contribution >= 4 is 23.0 Å². The summed E-state index contributed by atoms with van der Waals surface area (Å²) in [6, 6.07) is 9.69. The number of aromatic nitrogens is 1. The molecule has 0 saturated heterocycles. The summed E-state index contributed by atoms with van der Waals surface area (Å²) in [5, 5.41) is 11.2. The molecule has 4 nitrogen and oxygen atoms in total. The zero-order valence-electron chi connectivity index (χ0n) is 13.0. The van der Waals surface area contributed by atoms with Crippen LogP contribution in [0.1, 0.15) is 32.4 Å². The quantitative estimate of drug-likeness (QED) is 0.850. The first-order chi connectivity index (χ1) is 10.5. The maximum Gasteiger partial charge on any atom is 0.312 e. The van der Waals surface area contributed by atoms with Crippen molar-refractivity contribution in [2.24, 2.45) is 4.99 Å². The smallest absolute Gasteiger partial charge is 0.312 e. The molecule has 0 saturated carbocycles. The third kappa shape index (κ3) is 3.95. The van der Waals surface area contributed by atoms with E-state index < -0.39 is 11.9 Å². The first-order valence-electron chi connectivity index (χ1n) is 7.13. The van der Waals surface area contributed by atoms with E-state index in [-0.39, 0.29) is 0 Å². The second-order valence-electron chi connectivity index (χ2n) is 5.34. The fourth-order valence-electron chi connectivity index (χ4n) is 1.97. The van der Waals surface area contributed by atoms with Gasteiger partial charge in [0, 0.05) is 17.6 Å². The number of benzene rings is 1. The van der Waals surface area contributed by atoms with Crippen molar-refractivity contribution in [2.75, 3.05) is 0 Å². The van der Waals surface area contributed by atoms with Crippen LogP contribution in [0.5, 0.6) is 0 Å². The number of carboxylic acids is 1. The summed E-state index contributed by atoms with van der Waals surface area (Å²) in [4.78, 5) is 16.8. The molecule has 1 atom stereocenters. The normalized spacial score (nSPS) is 13.0. The molecular weight excluding hydrogens is 296 g/mol. The van der Waals surface area contributed by atoms with E-state index in [9.17, 15) is 9.90 Å². The number of rotatable bonds is 5. The van der Waals surface area contributed by atoms with Crippen molar-refractivity contribution < 1.29 is 9.90 Å². The number of thiazole rings is 1. The number of hydrogen-bond donors (Lipinski definition) is 1. The Kier molecular flexibility index (Phi) is 5.33. The molecule has 0 aliphatic carbocycles. The Bertz CT molecular complexity index is 738. The highest BCUT2D eigenvalue weighted by Gasteiger charge is 2.18. The van der Waals surface area contributed by atoms with E-state index in [1.54, 1.807) is 6.92 Å². The van der Waals surface area contributed by atoms with Crippen molar-refractivity contribution in [3.05, 3.63) is 57.9 Å². The lowest BCUT2D eigenvalue weighted by Gasteiger charge is -2.10. The Morgan fingerprint density at radius 3 is 2.64 bits per heavy atom. The van der Waals surface area contributed by atoms with Crippen molar-refractivity contribution in [3.63, 3.8) is 0 Å². The van der Waals surface area contributed by atoms with Gasteiger partial charge in [-0.2, -0.15) is 0 Å². The van der Waals surface area contributed by atoms with Gasteiger partial charge >= 0.3 is 5.97 Å². The lowest BCUT2D eigenvalue weighted by atomic mass is 10.1. The van der Waals surface area contributed by atoms with Gasteiger partial charge in [0.05, 0.1) is 11.6 Å². The average molecular weight is 316 g/mol. The van der Waals surface area contributed by atoms with Crippen molar-refractivity contribution in [2.45, 2.75) is 33.2 Å². The third-order valence-electron chi connectivity index (χ3n) is 3.30. The highest BCUT2D eigenvalue weighted by molar-refractivity contribution is 7.07. The van der Waals surface area contributed by atoms with Gasteiger partial charge in [-0.15, -0.1) is 11.3 Å². The first-order valence-corrected chi connectivity index (χ1v) is 8.01. The molecule has 1 N–H and O–H groups in total. The third-order valence-corrected chi connectivity index (χ3v) is 4.19. The second kappa shape index (κ2) is 7.22. The molecule has 0 radical (unpaired) electrons. The summed E-state index contributed by atoms with van der Waals surface area (Å²) in [6.45, 7) is 6.39. The monoisotopic (exact) mass is 316 g/mol. The van der Waals surface area contributed by atoms with Gasteiger partial charge in [-0.1, -0.05) is 29.8 Å². The molecule has 2 aromatic rings. The minimum absolute atomic E-state index is 0.554. The van der Waals surface area contributed by atoms with Crippen LogP contribution in [-0.2, 0) is 11.3 Å². The predicted molar refractivity (Wildman–Crippen MR) is 89.5 cm³/mol. The molecule has 0 aliphatic rings. The number of carbonyl (C=O) groups is 1. The lowest BCUT2D eigenvalue weighted by Crippen LogP contribution is -2.20. The minimum Gasteiger partial charge on any atom is -0.481 e. The molecular formula is C17H20N2O2S. The van der Waals surface area contributed by atoms with Crippen LogP contribution in [0.2, 0.25) is 0 Å². The van der Waals surface area contributed by atoms with Crippen LogP contribution in [0.15, 0.2) is 52.4 Å². The van der Waals surface area contributed by atoms with E-state index in [1.165, 1.54) is 16.9 Å². The summed E-state index contributed by atoms with van der Waals surface area (Å²) < 4.78 is 1.98. The van der Waals surface area contributed by atoms with Gasteiger partial charge in [-0.3, -0.25) is 4.79 Å². The molecule has 0 bridgehead atoms. The summed E-state index contributed by atoms with van der Waals surface area (Å²) >= 11 is 1.47. The van der Waals surface area contributed by atoms with Gasteiger partial charge in [0.2, 0.25) is 0 Å². The maximum absolute atomic E-state index is 11.3. The Morgan fingerprint density at radius 1 is 1.36 bits per heavy atom. The highest BCUT2D eigenvalue weighted by atomic mass is 32.1. The molecule has 0 fully saturated rings. The maximum atomic E-state index is 11.3. The van der Waals surface area contributed by atoms with Gasteiger partial charge in [-0.05, 0) is 32.9 Å². The second-order valence-corrected chi connectivity index (χ2v) is 6.18. The number of allylic oxidation sites excluding steroid dienone is 2. The van der Waals surface area contributed by atoms with Crippen LogP contribution in [-0.4, -0.2) is 15.6 Å². The number of para-hydroxylation sites is 1.